The van der Waals surface area contributed by atoms with Crippen LogP contribution in [0.5, 0.6) is 0 Å². The van der Waals surface area contributed by atoms with E-state index >= 15 is 0 Å². The van der Waals surface area contributed by atoms with Crippen molar-refractivity contribution in [3.05, 3.63) is 0 Å². The van der Waals surface area contributed by atoms with Gasteiger partial charge in [-0.3, -0.25) is 0 Å². The lowest BCUT2D eigenvalue weighted by Crippen LogP contribution is -2.46. The van der Waals surface area contributed by atoms with Gasteiger partial charge in [0.2, 0.25) is 0 Å². The largest absolute Gasteiger partial charge is 0.479 e. The standard InChI is InChI=1S/C10H20O3/c1-6-9(2,3)10(4,5)7(11)8(12)13/h7,11H,6H2,1-5H3,(H,12,13). The molecule has 0 aliphatic heterocycles. The van der Waals surface area contributed by atoms with Crippen LogP contribution in [0.1, 0.15) is 41.0 Å². The van der Waals surface area contributed by atoms with Gasteiger partial charge in [-0.05, 0) is 5.41 Å². The first-order chi connectivity index (χ1) is 5.66. The predicted molar refractivity (Wildman–Crippen MR) is 51.5 cm³/mol. The van der Waals surface area contributed by atoms with Crippen molar-refractivity contribution in [1.29, 1.82) is 0 Å². The molecule has 0 aromatic carbocycles. The molecule has 0 aromatic heterocycles. The quantitative estimate of drug-likeness (QED) is 0.708. The Bertz CT molecular complexity index is 194. The number of hydrogen-bond acceptors (Lipinski definition) is 2. The first kappa shape index (κ1) is 12.4. The molecule has 3 nitrogen and oxygen atoms in total. The first-order valence-corrected chi connectivity index (χ1v) is 4.57. The van der Waals surface area contributed by atoms with Gasteiger partial charge < -0.3 is 10.2 Å². The van der Waals surface area contributed by atoms with Crippen LogP contribution in [0.2, 0.25) is 0 Å². The second kappa shape index (κ2) is 3.66. The molecule has 0 bridgehead atoms. The Kier molecular flexibility index (Phi) is 3.50. The van der Waals surface area contributed by atoms with Gasteiger partial charge in [0.25, 0.3) is 0 Å². The Balaban J connectivity index is 4.84. The van der Waals surface area contributed by atoms with Gasteiger partial charge in [-0.15, -0.1) is 0 Å². The maximum absolute atomic E-state index is 10.7. The average molecular weight is 188 g/mol. The van der Waals surface area contributed by atoms with Gasteiger partial charge in [0.1, 0.15) is 0 Å². The van der Waals surface area contributed by atoms with Crippen molar-refractivity contribution in [1.82, 2.24) is 0 Å². The van der Waals surface area contributed by atoms with Crippen molar-refractivity contribution in [2.75, 3.05) is 0 Å². The van der Waals surface area contributed by atoms with Crippen LogP contribution in [0.15, 0.2) is 0 Å². The minimum Gasteiger partial charge on any atom is -0.479 e. The summed E-state index contributed by atoms with van der Waals surface area (Å²) >= 11 is 0. The third kappa shape index (κ3) is 2.21. The van der Waals surface area contributed by atoms with Gasteiger partial charge in [-0.2, -0.15) is 0 Å². The molecule has 0 rings (SSSR count). The maximum atomic E-state index is 10.7. The Morgan fingerprint density at radius 3 is 1.92 bits per heavy atom. The molecule has 0 aliphatic rings. The molecule has 3 heteroatoms. The molecule has 0 aromatic rings. The molecule has 0 spiro atoms. The Labute approximate surface area is 79.8 Å². The van der Waals surface area contributed by atoms with E-state index in [9.17, 15) is 9.90 Å². The highest BCUT2D eigenvalue weighted by Crippen LogP contribution is 2.43. The van der Waals surface area contributed by atoms with E-state index in [1.165, 1.54) is 0 Å². The number of carboxylic acid groups (broad SMARTS) is 1. The second-order valence-corrected chi connectivity index (χ2v) is 4.70. The predicted octanol–water partition coefficient (Wildman–Crippen LogP) is 1.89. The molecule has 1 atom stereocenters. The normalized spacial score (nSPS) is 15.5. The molecule has 0 saturated heterocycles. The van der Waals surface area contributed by atoms with Crippen molar-refractivity contribution in [2.24, 2.45) is 10.8 Å². The smallest absolute Gasteiger partial charge is 0.333 e. The minimum atomic E-state index is -1.30. The third-order valence-corrected chi connectivity index (χ3v) is 3.55. The highest BCUT2D eigenvalue weighted by atomic mass is 16.4. The molecular weight excluding hydrogens is 168 g/mol. The van der Waals surface area contributed by atoms with Gasteiger partial charge in [0, 0.05) is 5.41 Å². The lowest BCUT2D eigenvalue weighted by Gasteiger charge is -2.42. The van der Waals surface area contributed by atoms with Crippen LogP contribution in [-0.4, -0.2) is 22.3 Å². The lowest BCUT2D eigenvalue weighted by atomic mass is 9.63. The highest BCUT2D eigenvalue weighted by Gasteiger charge is 2.44. The summed E-state index contributed by atoms with van der Waals surface area (Å²) in [5.74, 6) is -1.15. The Morgan fingerprint density at radius 2 is 1.69 bits per heavy atom. The summed E-state index contributed by atoms with van der Waals surface area (Å²) < 4.78 is 0. The molecule has 78 valence electrons. The SMILES string of the molecule is CCC(C)(C)C(C)(C)C(O)C(=O)O. The molecule has 0 amide bonds. The van der Waals surface area contributed by atoms with Crippen molar-refractivity contribution in [3.63, 3.8) is 0 Å². The van der Waals surface area contributed by atoms with Gasteiger partial charge in [-0.25, -0.2) is 4.79 Å². The van der Waals surface area contributed by atoms with E-state index in [-0.39, 0.29) is 5.41 Å². The van der Waals surface area contributed by atoms with E-state index in [2.05, 4.69) is 0 Å². The third-order valence-electron chi connectivity index (χ3n) is 3.55. The molecular formula is C10H20O3. The molecule has 0 aliphatic carbocycles. The van der Waals surface area contributed by atoms with Crippen molar-refractivity contribution < 1.29 is 15.0 Å². The summed E-state index contributed by atoms with van der Waals surface area (Å²) in [6.07, 6.45) is -0.466. The second-order valence-electron chi connectivity index (χ2n) is 4.70. The first-order valence-electron chi connectivity index (χ1n) is 4.57. The van der Waals surface area contributed by atoms with Crippen molar-refractivity contribution in [3.8, 4) is 0 Å². The highest BCUT2D eigenvalue weighted by molar-refractivity contribution is 5.73. The number of carboxylic acids is 1. The molecule has 0 saturated carbocycles. The Hall–Kier alpha value is -0.570. The van der Waals surface area contributed by atoms with Gasteiger partial charge >= 0.3 is 5.97 Å². The summed E-state index contributed by atoms with van der Waals surface area (Å²) in [7, 11) is 0. The van der Waals surface area contributed by atoms with Gasteiger partial charge in [0.15, 0.2) is 6.10 Å². The zero-order valence-electron chi connectivity index (χ0n) is 9.09. The lowest BCUT2D eigenvalue weighted by molar-refractivity contribution is -0.159. The monoisotopic (exact) mass is 188 g/mol. The number of aliphatic hydroxyl groups is 1. The van der Waals surface area contributed by atoms with E-state index in [0.717, 1.165) is 6.42 Å². The number of carbonyl (C=O) groups is 1. The number of rotatable bonds is 4. The molecule has 0 fully saturated rings. The average Bonchev–Trinajstić information content (AvgIpc) is 2.02. The summed E-state index contributed by atoms with van der Waals surface area (Å²) in [6.45, 7) is 9.51. The minimum absolute atomic E-state index is 0.190. The van der Waals surface area contributed by atoms with Gasteiger partial charge in [-0.1, -0.05) is 41.0 Å². The summed E-state index contributed by atoms with van der Waals surface area (Å²) in [6, 6.07) is 0. The van der Waals surface area contributed by atoms with Crippen LogP contribution in [0.3, 0.4) is 0 Å². The summed E-state index contributed by atoms with van der Waals surface area (Å²) in [5, 5.41) is 18.2. The molecule has 2 N–H and O–H groups in total. The van der Waals surface area contributed by atoms with Crippen molar-refractivity contribution in [2.45, 2.75) is 47.1 Å². The van der Waals surface area contributed by atoms with Gasteiger partial charge in [0.05, 0.1) is 0 Å². The van der Waals surface area contributed by atoms with E-state index < -0.39 is 17.5 Å². The van der Waals surface area contributed by atoms with Crippen LogP contribution < -0.4 is 0 Å². The fourth-order valence-corrected chi connectivity index (χ4v) is 1.13. The summed E-state index contributed by atoms with van der Waals surface area (Å²) in [4.78, 5) is 10.7. The number of hydrogen-bond donors (Lipinski definition) is 2. The topological polar surface area (TPSA) is 57.5 Å². The fraction of sp³-hybridized carbons (Fsp3) is 0.900. The zero-order chi connectivity index (χ0) is 10.9. The fourth-order valence-electron chi connectivity index (χ4n) is 1.13. The molecule has 13 heavy (non-hydrogen) atoms. The molecule has 0 radical (unpaired) electrons. The Morgan fingerprint density at radius 1 is 1.31 bits per heavy atom. The molecule has 0 heterocycles. The van der Waals surface area contributed by atoms with E-state index in [4.69, 9.17) is 5.11 Å². The van der Waals surface area contributed by atoms with Crippen LogP contribution in [0, 0.1) is 10.8 Å². The van der Waals surface area contributed by atoms with E-state index in [1.54, 1.807) is 13.8 Å². The van der Waals surface area contributed by atoms with Crippen LogP contribution >= 0.6 is 0 Å². The van der Waals surface area contributed by atoms with Crippen LogP contribution in [0.4, 0.5) is 0 Å². The number of aliphatic hydroxyl groups excluding tert-OH is 1. The van der Waals surface area contributed by atoms with Crippen LogP contribution in [-0.2, 0) is 4.79 Å². The van der Waals surface area contributed by atoms with Crippen LogP contribution in [0.25, 0.3) is 0 Å². The summed E-state index contributed by atoms with van der Waals surface area (Å²) in [5.41, 5.74) is -0.807. The van der Waals surface area contributed by atoms with E-state index in [1.807, 2.05) is 20.8 Å². The number of aliphatic carboxylic acids is 1. The zero-order valence-corrected chi connectivity index (χ0v) is 9.09. The van der Waals surface area contributed by atoms with Crippen molar-refractivity contribution >= 4 is 5.97 Å². The van der Waals surface area contributed by atoms with E-state index in [0.29, 0.717) is 0 Å². The maximum Gasteiger partial charge on any atom is 0.333 e. The molecule has 1 unspecified atom stereocenters.